The molecule has 0 spiro atoms. The Bertz CT molecular complexity index is 1140. The third kappa shape index (κ3) is 7.84. The lowest BCUT2D eigenvalue weighted by Crippen LogP contribution is -1.83. The van der Waals surface area contributed by atoms with Gasteiger partial charge in [-0.2, -0.15) is 0 Å². The third-order valence-electron chi connectivity index (χ3n) is 4.59. The lowest BCUT2D eigenvalue weighted by Gasteiger charge is -2.02. The second-order valence-corrected chi connectivity index (χ2v) is 7.14. The van der Waals surface area contributed by atoms with Crippen molar-refractivity contribution in [1.29, 1.82) is 0 Å². The van der Waals surface area contributed by atoms with E-state index >= 15 is 0 Å². The number of hydrogen-bond donors (Lipinski definition) is 2. The number of rotatable bonds is 6. The van der Waals surface area contributed by atoms with E-state index < -0.39 is 0 Å². The first-order valence-corrected chi connectivity index (χ1v) is 10.5. The van der Waals surface area contributed by atoms with Crippen molar-refractivity contribution in [2.45, 2.75) is 0 Å². The van der Waals surface area contributed by atoms with Crippen LogP contribution in [-0.2, 0) is 0 Å². The summed E-state index contributed by atoms with van der Waals surface area (Å²) in [4.78, 5) is 8.20. The number of aromatic hydroxyl groups is 2. The van der Waals surface area contributed by atoms with Gasteiger partial charge < -0.3 is 19.7 Å². The van der Waals surface area contributed by atoms with Crippen molar-refractivity contribution in [3.63, 3.8) is 0 Å². The average Bonchev–Trinajstić information content (AvgIpc) is 2.87. The van der Waals surface area contributed by atoms with E-state index in [1.807, 2.05) is 66.8 Å². The molecule has 6 nitrogen and oxygen atoms in total. The van der Waals surface area contributed by atoms with Crippen molar-refractivity contribution in [3.8, 4) is 23.0 Å². The number of nitrogens with zero attached hydrogens (tertiary/aromatic N) is 2. The zero-order valence-corrected chi connectivity index (χ0v) is 19.0. The molecule has 0 saturated carbocycles. The molecular weight excluding hydrogens is 428 g/mol. The molecule has 0 aliphatic heterocycles. The van der Waals surface area contributed by atoms with Gasteiger partial charge in [0.2, 0.25) is 0 Å². The number of hydrogen-bond acceptors (Lipinski definition) is 6. The molecule has 0 unspecified atom stereocenters. The summed E-state index contributed by atoms with van der Waals surface area (Å²) < 4.78 is 10.2. The molecule has 0 amide bonds. The van der Waals surface area contributed by atoms with Crippen LogP contribution in [0.3, 0.4) is 0 Å². The predicted molar refractivity (Wildman–Crippen MR) is 136 cm³/mol. The summed E-state index contributed by atoms with van der Waals surface area (Å²) in [5.74, 6) is 1.64. The summed E-state index contributed by atoms with van der Waals surface area (Å²) in [6.45, 7) is 0. The number of ether oxygens (including phenoxy) is 2. The molecule has 4 aromatic rings. The summed E-state index contributed by atoms with van der Waals surface area (Å²) in [6.07, 6.45) is 12.8. The molecule has 0 fully saturated rings. The first-order valence-electron chi connectivity index (χ1n) is 10.5. The molecule has 0 atom stereocenters. The van der Waals surface area contributed by atoms with E-state index in [0.717, 1.165) is 22.4 Å². The molecule has 0 bridgehead atoms. The summed E-state index contributed by atoms with van der Waals surface area (Å²) in [7, 11) is 3.14. The Hall–Kier alpha value is -4.58. The number of pyridine rings is 2. The number of benzene rings is 2. The normalized spacial score (nSPS) is 10.6. The lowest BCUT2D eigenvalue weighted by molar-refractivity contribution is 0.407. The number of phenolic OH excluding ortho intramolecular Hbond substituents is 2. The van der Waals surface area contributed by atoms with Crippen molar-refractivity contribution < 1.29 is 19.7 Å². The molecule has 6 heteroatoms. The quantitative estimate of drug-likeness (QED) is 0.375. The van der Waals surface area contributed by atoms with Crippen molar-refractivity contribution in [1.82, 2.24) is 9.97 Å². The van der Waals surface area contributed by atoms with E-state index in [0.29, 0.717) is 11.5 Å². The van der Waals surface area contributed by atoms with Crippen LogP contribution in [0.1, 0.15) is 22.4 Å². The number of methoxy groups -OCH3 is 2. The lowest BCUT2D eigenvalue weighted by atomic mass is 10.1. The van der Waals surface area contributed by atoms with Gasteiger partial charge in [0.05, 0.1) is 19.9 Å². The monoisotopic (exact) mass is 454 g/mol. The molecule has 0 radical (unpaired) electrons. The van der Waals surface area contributed by atoms with Crippen LogP contribution < -0.4 is 9.47 Å². The van der Waals surface area contributed by atoms with E-state index in [1.165, 1.54) is 0 Å². The van der Waals surface area contributed by atoms with Gasteiger partial charge in [0.15, 0.2) is 0 Å². The Kier molecular flexibility index (Phi) is 8.82. The van der Waals surface area contributed by atoms with E-state index in [9.17, 15) is 10.2 Å². The average molecular weight is 455 g/mol. The molecular formula is C28H26N2O4. The minimum Gasteiger partial charge on any atom is -0.508 e. The Labute approximate surface area is 199 Å². The molecule has 0 aliphatic carbocycles. The Morgan fingerprint density at radius 2 is 1.26 bits per heavy atom. The highest BCUT2D eigenvalue weighted by Crippen LogP contribution is 2.23. The second kappa shape index (κ2) is 12.5. The first-order chi connectivity index (χ1) is 16.6. The van der Waals surface area contributed by atoms with Crippen LogP contribution in [0.5, 0.6) is 23.0 Å². The first kappa shape index (κ1) is 24.1. The van der Waals surface area contributed by atoms with Crippen molar-refractivity contribution in [2.75, 3.05) is 14.2 Å². The van der Waals surface area contributed by atoms with Crippen LogP contribution >= 0.6 is 0 Å². The highest BCUT2D eigenvalue weighted by atomic mass is 16.5. The molecule has 0 aliphatic rings. The molecule has 172 valence electrons. The topological polar surface area (TPSA) is 84.7 Å². The fourth-order valence-electron chi connectivity index (χ4n) is 2.96. The maximum Gasteiger partial charge on any atom is 0.123 e. The second-order valence-electron chi connectivity index (χ2n) is 7.14. The van der Waals surface area contributed by atoms with Crippen LogP contribution in [-0.4, -0.2) is 34.4 Å². The van der Waals surface area contributed by atoms with E-state index in [2.05, 4.69) is 9.97 Å². The summed E-state index contributed by atoms with van der Waals surface area (Å²) >= 11 is 0. The van der Waals surface area contributed by atoms with E-state index in [1.54, 1.807) is 57.1 Å². The molecule has 2 aromatic carbocycles. The van der Waals surface area contributed by atoms with Gasteiger partial charge in [0, 0.05) is 30.7 Å². The van der Waals surface area contributed by atoms with Crippen LogP contribution in [0, 0.1) is 0 Å². The maximum atomic E-state index is 9.50. The largest absolute Gasteiger partial charge is 0.508 e. The minimum atomic E-state index is 0.185. The summed E-state index contributed by atoms with van der Waals surface area (Å²) in [5.41, 5.74) is 3.63. The molecule has 2 aromatic heterocycles. The minimum absolute atomic E-state index is 0.185. The van der Waals surface area contributed by atoms with Gasteiger partial charge >= 0.3 is 0 Å². The highest BCUT2D eigenvalue weighted by Gasteiger charge is 1.98. The van der Waals surface area contributed by atoms with Gasteiger partial charge in [-0.3, -0.25) is 9.97 Å². The SMILES string of the molecule is COc1cc(O)cc(/C=C/c2ccccn2)c1.COc1cc(O)cc(/C=C/c2cccnc2)c1. The van der Waals surface area contributed by atoms with Gasteiger partial charge in [-0.25, -0.2) is 0 Å². The third-order valence-corrected chi connectivity index (χ3v) is 4.59. The number of phenols is 2. The predicted octanol–water partition coefficient (Wildman–Crippen LogP) is 5.93. The maximum absolute atomic E-state index is 9.50. The molecule has 4 rings (SSSR count). The zero-order valence-electron chi connectivity index (χ0n) is 19.0. The molecule has 2 heterocycles. The highest BCUT2D eigenvalue weighted by molar-refractivity contribution is 5.71. The smallest absolute Gasteiger partial charge is 0.123 e. The zero-order chi connectivity index (χ0) is 24.2. The van der Waals surface area contributed by atoms with Crippen LogP contribution in [0.4, 0.5) is 0 Å². The van der Waals surface area contributed by atoms with Crippen LogP contribution in [0.2, 0.25) is 0 Å². The van der Waals surface area contributed by atoms with Gasteiger partial charge in [-0.15, -0.1) is 0 Å². The van der Waals surface area contributed by atoms with Crippen molar-refractivity contribution >= 4 is 24.3 Å². The molecule has 0 saturated heterocycles. The Morgan fingerprint density at radius 1 is 0.647 bits per heavy atom. The summed E-state index contributed by atoms with van der Waals surface area (Å²) in [6, 6.07) is 19.7. The van der Waals surface area contributed by atoms with E-state index in [-0.39, 0.29) is 11.5 Å². The molecule has 34 heavy (non-hydrogen) atoms. The van der Waals surface area contributed by atoms with Gasteiger partial charge in [0.25, 0.3) is 0 Å². The molecule has 2 N–H and O–H groups in total. The van der Waals surface area contributed by atoms with Crippen molar-refractivity contribution in [2.24, 2.45) is 0 Å². The van der Waals surface area contributed by atoms with Gasteiger partial charge in [-0.1, -0.05) is 30.4 Å². The fraction of sp³-hybridized carbons (Fsp3) is 0.0714. The Balaban J connectivity index is 0.000000191. The number of aromatic nitrogens is 2. The van der Waals surface area contributed by atoms with Crippen molar-refractivity contribution in [3.05, 3.63) is 108 Å². The Morgan fingerprint density at radius 3 is 1.79 bits per heavy atom. The van der Waals surface area contributed by atoms with Crippen LogP contribution in [0.25, 0.3) is 24.3 Å². The van der Waals surface area contributed by atoms with Crippen LogP contribution in [0.15, 0.2) is 85.3 Å². The standard InChI is InChI=1S/2C14H13NO2/c1-17-14-8-12(7-13(16)9-14)5-4-11-3-2-6-15-10-11;1-17-14-9-11(8-13(16)10-14)5-6-12-4-2-3-7-15-12/h2*2-10,16H,1H3/b5-4+;6-5+. The summed E-state index contributed by atoms with van der Waals surface area (Å²) in [5, 5.41) is 19.0. The van der Waals surface area contributed by atoms with E-state index in [4.69, 9.17) is 9.47 Å². The van der Waals surface area contributed by atoms with Gasteiger partial charge in [0.1, 0.15) is 23.0 Å². The fourth-order valence-corrected chi connectivity index (χ4v) is 2.96. The van der Waals surface area contributed by atoms with Gasteiger partial charge in [-0.05, 0) is 65.2 Å².